The number of nitrogens with zero attached hydrogens (tertiary/aromatic N) is 3. The van der Waals surface area contributed by atoms with Gasteiger partial charge >= 0.3 is 0 Å². The molecule has 0 atom stereocenters. The van der Waals surface area contributed by atoms with Crippen LogP contribution in [-0.4, -0.2) is 37.9 Å². The van der Waals surface area contributed by atoms with E-state index in [9.17, 15) is 9.90 Å². The first-order valence-corrected chi connectivity index (χ1v) is 4.75. The molecule has 0 aliphatic carbocycles. The highest BCUT2D eigenvalue weighted by Crippen LogP contribution is 2.00. The summed E-state index contributed by atoms with van der Waals surface area (Å²) in [6.07, 6.45) is 2.20. The summed E-state index contributed by atoms with van der Waals surface area (Å²) in [6, 6.07) is 0. The first-order valence-electron chi connectivity index (χ1n) is 4.75. The van der Waals surface area contributed by atoms with Gasteiger partial charge in [0.2, 0.25) is 0 Å². The second kappa shape index (κ2) is 4.39. The third-order valence-corrected chi connectivity index (χ3v) is 1.99. The van der Waals surface area contributed by atoms with Gasteiger partial charge in [-0.25, -0.2) is 0 Å². The average molecular weight is 212 g/mol. The number of aryl methyl sites for hydroxylation is 1. The van der Waals surface area contributed by atoms with Crippen LogP contribution in [0.2, 0.25) is 0 Å². The topological polar surface area (TPSA) is 80.0 Å². The summed E-state index contributed by atoms with van der Waals surface area (Å²) in [7, 11) is 1.84. The maximum absolute atomic E-state index is 11.3. The molecule has 0 fully saturated rings. The van der Waals surface area contributed by atoms with Gasteiger partial charge in [0.15, 0.2) is 0 Å². The van der Waals surface area contributed by atoms with Crippen LogP contribution in [0, 0.1) is 0 Å². The number of nitrogens with one attached hydrogen (secondary N) is 1. The van der Waals surface area contributed by atoms with Crippen LogP contribution in [0.25, 0.3) is 0 Å². The Kier molecular flexibility index (Phi) is 3.41. The van der Waals surface area contributed by atoms with E-state index in [2.05, 4.69) is 15.5 Å². The molecule has 0 aromatic carbocycles. The highest BCUT2D eigenvalue weighted by atomic mass is 16.3. The van der Waals surface area contributed by atoms with Crippen molar-refractivity contribution in [1.82, 2.24) is 20.1 Å². The Labute approximate surface area is 88.3 Å². The zero-order chi connectivity index (χ0) is 11.5. The summed E-state index contributed by atoms with van der Waals surface area (Å²) in [5, 5.41) is 19.6. The van der Waals surface area contributed by atoms with E-state index in [0.717, 1.165) is 5.82 Å². The van der Waals surface area contributed by atoms with Gasteiger partial charge in [-0.3, -0.25) is 4.79 Å². The van der Waals surface area contributed by atoms with E-state index in [4.69, 9.17) is 0 Å². The van der Waals surface area contributed by atoms with Crippen LogP contribution in [0.3, 0.4) is 0 Å². The van der Waals surface area contributed by atoms with Gasteiger partial charge in [-0.1, -0.05) is 0 Å². The molecule has 0 saturated heterocycles. The summed E-state index contributed by atoms with van der Waals surface area (Å²) in [4.78, 5) is 11.3. The van der Waals surface area contributed by atoms with E-state index in [1.54, 1.807) is 10.9 Å². The standard InChI is InChI=1S/C9H16N4O2/c1-9(2,15)8(14)10-5-4-7-12-11-6-13(7)3/h6,15H,4-5H2,1-3H3,(H,10,14). The Morgan fingerprint density at radius 1 is 1.67 bits per heavy atom. The van der Waals surface area contributed by atoms with Crippen molar-refractivity contribution in [3.63, 3.8) is 0 Å². The molecule has 0 aliphatic heterocycles. The van der Waals surface area contributed by atoms with Crippen molar-refractivity contribution in [3.05, 3.63) is 12.2 Å². The van der Waals surface area contributed by atoms with Gasteiger partial charge in [0.1, 0.15) is 17.8 Å². The van der Waals surface area contributed by atoms with Crippen molar-refractivity contribution in [2.75, 3.05) is 6.54 Å². The molecule has 2 N–H and O–H groups in total. The van der Waals surface area contributed by atoms with E-state index >= 15 is 0 Å². The van der Waals surface area contributed by atoms with Gasteiger partial charge in [-0.05, 0) is 13.8 Å². The van der Waals surface area contributed by atoms with Crippen LogP contribution < -0.4 is 5.32 Å². The van der Waals surface area contributed by atoms with Crippen molar-refractivity contribution < 1.29 is 9.90 Å². The van der Waals surface area contributed by atoms with Crippen molar-refractivity contribution >= 4 is 5.91 Å². The number of carbonyl (C=O) groups is 1. The van der Waals surface area contributed by atoms with E-state index in [-0.39, 0.29) is 5.91 Å². The predicted octanol–water partition coefficient (Wildman–Crippen LogP) is -0.755. The Morgan fingerprint density at radius 3 is 2.80 bits per heavy atom. The molecule has 6 nitrogen and oxygen atoms in total. The molecule has 1 aromatic rings. The van der Waals surface area contributed by atoms with Crippen LogP contribution in [0.15, 0.2) is 6.33 Å². The van der Waals surface area contributed by atoms with Crippen LogP contribution >= 0.6 is 0 Å². The van der Waals surface area contributed by atoms with Gasteiger partial charge < -0.3 is 15.0 Å². The molecule has 0 unspecified atom stereocenters. The Morgan fingerprint density at radius 2 is 2.33 bits per heavy atom. The van der Waals surface area contributed by atoms with Gasteiger partial charge in [0.25, 0.3) is 5.91 Å². The molecule has 0 aliphatic rings. The van der Waals surface area contributed by atoms with Crippen molar-refractivity contribution in [2.24, 2.45) is 7.05 Å². The summed E-state index contributed by atoms with van der Waals surface area (Å²) < 4.78 is 1.79. The van der Waals surface area contributed by atoms with Gasteiger partial charge in [0.05, 0.1) is 0 Å². The molecule has 1 amide bonds. The van der Waals surface area contributed by atoms with Gasteiger partial charge in [-0.2, -0.15) is 0 Å². The van der Waals surface area contributed by atoms with E-state index in [0.29, 0.717) is 13.0 Å². The lowest BCUT2D eigenvalue weighted by Gasteiger charge is -2.16. The number of aliphatic hydroxyl groups is 1. The van der Waals surface area contributed by atoms with Gasteiger partial charge in [-0.15, -0.1) is 10.2 Å². The SMILES string of the molecule is Cn1cnnc1CCNC(=O)C(C)(C)O. The second-order valence-electron chi connectivity index (χ2n) is 3.92. The third kappa shape index (κ3) is 3.32. The number of rotatable bonds is 4. The number of carbonyl (C=O) groups excluding carboxylic acids is 1. The molecule has 6 heteroatoms. The van der Waals surface area contributed by atoms with Crippen molar-refractivity contribution in [3.8, 4) is 0 Å². The van der Waals surface area contributed by atoms with E-state index < -0.39 is 5.60 Å². The Bertz CT molecular complexity index is 340. The summed E-state index contributed by atoms with van der Waals surface area (Å²) >= 11 is 0. The molecule has 0 bridgehead atoms. The fourth-order valence-electron chi connectivity index (χ4n) is 1.04. The molecule has 1 rings (SSSR count). The molecular weight excluding hydrogens is 196 g/mol. The second-order valence-corrected chi connectivity index (χ2v) is 3.92. The molecule has 0 radical (unpaired) electrons. The van der Waals surface area contributed by atoms with Crippen LogP contribution in [0.5, 0.6) is 0 Å². The highest BCUT2D eigenvalue weighted by molar-refractivity contribution is 5.83. The number of aromatic nitrogens is 3. The van der Waals surface area contributed by atoms with Crippen LogP contribution in [0.4, 0.5) is 0 Å². The predicted molar refractivity (Wildman–Crippen MR) is 54.0 cm³/mol. The highest BCUT2D eigenvalue weighted by Gasteiger charge is 2.22. The Hall–Kier alpha value is -1.43. The normalized spacial score (nSPS) is 11.5. The van der Waals surface area contributed by atoms with E-state index in [1.165, 1.54) is 13.8 Å². The fourth-order valence-corrected chi connectivity index (χ4v) is 1.04. The fraction of sp³-hybridized carbons (Fsp3) is 0.667. The lowest BCUT2D eigenvalue weighted by atomic mass is 10.1. The third-order valence-electron chi connectivity index (χ3n) is 1.99. The lowest BCUT2D eigenvalue weighted by molar-refractivity contribution is -0.136. The monoisotopic (exact) mass is 212 g/mol. The quantitative estimate of drug-likeness (QED) is 0.688. The summed E-state index contributed by atoms with van der Waals surface area (Å²) in [6.45, 7) is 3.34. The zero-order valence-electron chi connectivity index (χ0n) is 9.19. The smallest absolute Gasteiger partial charge is 0.251 e. The number of hydrogen-bond donors (Lipinski definition) is 2. The minimum Gasteiger partial charge on any atom is -0.381 e. The summed E-state index contributed by atoms with van der Waals surface area (Å²) in [5.41, 5.74) is -1.33. The lowest BCUT2D eigenvalue weighted by Crippen LogP contribution is -2.42. The maximum Gasteiger partial charge on any atom is 0.251 e. The van der Waals surface area contributed by atoms with Crippen molar-refractivity contribution in [1.29, 1.82) is 0 Å². The van der Waals surface area contributed by atoms with E-state index in [1.807, 2.05) is 7.05 Å². The molecule has 1 heterocycles. The molecule has 84 valence electrons. The first kappa shape index (κ1) is 11.6. The van der Waals surface area contributed by atoms with Crippen molar-refractivity contribution in [2.45, 2.75) is 25.9 Å². The molecule has 1 aromatic heterocycles. The molecule has 15 heavy (non-hydrogen) atoms. The maximum atomic E-state index is 11.3. The van der Waals surface area contributed by atoms with Gasteiger partial charge in [0, 0.05) is 20.0 Å². The first-order chi connectivity index (χ1) is 6.91. The molecular formula is C9H16N4O2. The molecule has 0 spiro atoms. The zero-order valence-corrected chi connectivity index (χ0v) is 9.19. The Balaban J connectivity index is 2.35. The summed E-state index contributed by atoms with van der Waals surface area (Å²) in [5.74, 6) is 0.413. The van der Waals surface area contributed by atoms with Crippen LogP contribution in [-0.2, 0) is 18.3 Å². The largest absolute Gasteiger partial charge is 0.381 e. The molecule has 0 saturated carbocycles. The average Bonchev–Trinajstić information content (AvgIpc) is 2.50. The minimum atomic E-state index is -1.33. The van der Waals surface area contributed by atoms with Crippen LogP contribution in [0.1, 0.15) is 19.7 Å². The number of amides is 1. The minimum absolute atomic E-state index is 0.385. The number of hydrogen-bond acceptors (Lipinski definition) is 4.